The van der Waals surface area contributed by atoms with Crippen LogP contribution in [-0.4, -0.2) is 18.1 Å². The smallest absolute Gasteiger partial charge is 0.358 e. The zero-order valence-electron chi connectivity index (χ0n) is 9.98. The second-order valence-electron chi connectivity index (χ2n) is 3.78. The van der Waals surface area contributed by atoms with E-state index < -0.39 is 5.97 Å². The van der Waals surface area contributed by atoms with Gasteiger partial charge in [0.2, 0.25) is 0 Å². The number of nitrogens with two attached hydrogens (primary N) is 1. The minimum atomic E-state index is -0.578. The fraction of sp³-hybridized carbons (Fsp3) is 0.0769. The normalized spacial score (nSPS) is 10.3. The van der Waals surface area contributed by atoms with Crippen LogP contribution < -0.4 is 5.73 Å². The minimum absolute atomic E-state index is 0.0799. The number of methoxy groups -OCH3 is 1. The van der Waals surface area contributed by atoms with Crippen molar-refractivity contribution in [2.45, 2.75) is 0 Å². The maximum atomic E-state index is 11.4. The molecule has 2 aromatic rings. The number of benzene rings is 1. The Morgan fingerprint density at radius 2 is 2.05 bits per heavy atom. The number of esters is 1. The number of anilines is 1. The molecule has 0 amide bonds. The van der Waals surface area contributed by atoms with Gasteiger partial charge in [0, 0.05) is 27.4 Å². The van der Waals surface area contributed by atoms with Gasteiger partial charge < -0.3 is 10.5 Å². The number of carbonyl (C=O) groups is 1. The van der Waals surface area contributed by atoms with Gasteiger partial charge in [-0.3, -0.25) is 0 Å². The summed E-state index contributed by atoms with van der Waals surface area (Å²) in [5.41, 5.74) is 7.53. The monoisotopic (exact) mass is 296 g/mol. The van der Waals surface area contributed by atoms with Crippen molar-refractivity contribution in [3.05, 3.63) is 46.2 Å². The molecule has 0 atom stereocenters. The summed E-state index contributed by atoms with van der Waals surface area (Å²) >= 11 is 11.9. The van der Waals surface area contributed by atoms with E-state index in [0.717, 1.165) is 5.56 Å². The third kappa shape index (κ3) is 2.80. The minimum Gasteiger partial charge on any atom is -0.464 e. The van der Waals surface area contributed by atoms with Crippen molar-refractivity contribution in [3.63, 3.8) is 0 Å². The standard InChI is InChI=1S/C13H10Cl2N2O2/c1-19-13(18)12-11(16)4-7(6-17-12)9-3-2-8(14)5-10(9)15/h2-6H,16H2,1H3. The van der Waals surface area contributed by atoms with Crippen LogP contribution in [0, 0.1) is 0 Å². The average molecular weight is 297 g/mol. The molecule has 0 aliphatic heterocycles. The molecule has 1 heterocycles. The van der Waals surface area contributed by atoms with Crippen molar-refractivity contribution in [1.29, 1.82) is 0 Å². The summed E-state index contributed by atoms with van der Waals surface area (Å²) in [5, 5.41) is 1.03. The number of halogens is 2. The molecule has 19 heavy (non-hydrogen) atoms. The molecular formula is C13H10Cl2N2O2. The summed E-state index contributed by atoms with van der Waals surface area (Å²) in [7, 11) is 1.27. The van der Waals surface area contributed by atoms with Crippen molar-refractivity contribution < 1.29 is 9.53 Å². The number of aromatic nitrogens is 1. The van der Waals surface area contributed by atoms with Crippen LogP contribution >= 0.6 is 23.2 Å². The molecule has 0 saturated carbocycles. The molecule has 1 aromatic heterocycles. The molecule has 0 unspecified atom stereocenters. The molecule has 0 saturated heterocycles. The van der Waals surface area contributed by atoms with E-state index in [-0.39, 0.29) is 11.4 Å². The molecule has 0 bridgehead atoms. The maximum Gasteiger partial charge on any atom is 0.358 e. The fourth-order valence-corrected chi connectivity index (χ4v) is 2.14. The van der Waals surface area contributed by atoms with E-state index in [1.807, 2.05) is 0 Å². The lowest BCUT2D eigenvalue weighted by atomic mass is 10.1. The topological polar surface area (TPSA) is 65.2 Å². The van der Waals surface area contributed by atoms with Crippen molar-refractivity contribution in [3.8, 4) is 11.1 Å². The third-order valence-electron chi connectivity index (χ3n) is 2.54. The van der Waals surface area contributed by atoms with Crippen LogP contribution in [0.25, 0.3) is 11.1 Å². The zero-order chi connectivity index (χ0) is 14.0. The molecule has 4 nitrogen and oxygen atoms in total. The summed E-state index contributed by atoms with van der Waals surface area (Å²) < 4.78 is 4.58. The Balaban J connectivity index is 2.47. The number of carbonyl (C=O) groups excluding carboxylic acids is 1. The van der Waals surface area contributed by atoms with Gasteiger partial charge in [0.15, 0.2) is 5.69 Å². The van der Waals surface area contributed by atoms with Crippen LogP contribution in [0.4, 0.5) is 5.69 Å². The predicted molar refractivity (Wildman–Crippen MR) is 75.4 cm³/mol. The lowest BCUT2D eigenvalue weighted by Crippen LogP contribution is -2.08. The number of hydrogen-bond acceptors (Lipinski definition) is 4. The SMILES string of the molecule is COC(=O)c1ncc(-c2ccc(Cl)cc2Cl)cc1N. The summed E-state index contributed by atoms with van der Waals surface area (Å²) in [6, 6.07) is 6.73. The first-order valence-corrected chi connectivity index (χ1v) is 6.07. The summed E-state index contributed by atoms with van der Waals surface area (Å²) in [4.78, 5) is 15.4. The van der Waals surface area contributed by atoms with E-state index in [2.05, 4.69) is 9.72 Å². The molecule has 2 rings (SSSR count). The number of nitrogens with zero attached hydrogens (tertiary/aromatic N) is 1. The molecule has 0 fully saturated rings. The molecule has 0 spiro atoms. The summed E-state index contributed by atoms with van der Waals surface area (Å²) in [6.45, 7) is 0. The van der Waals surface area contributed by atoms with Gasteiger partial charge in [-0.25, -0.2) is 9.78 Å². The Kier molecular flexibility index (Phi) is 3.93. The van der Waals surface area contributed by atoms with Crippen LogP contribution in [0.1, 0.15) is 10.5 Å². The predicted octanol–water partition coefficient (Wildman–Crippen LogP) is 3.42. The van der Waals surface area contributed by atoms with Gasteiger partial charge in [-0.15, -0.1) is 0 Å². The van der Waals surface area contributed by atoms with Gasteiger partial charge in [0.25, 0.3) is 0 Å². The first-order valence-electron chi connectivity index (χ1n) is 5.32. The Hall–Kier alpha value is -1.78. The fourth-order valence-electron chi connectivity index (χ4n) is 1.62. The Morgan fingerprint density at radius 1 is 1.32 bits per heavy atom. The lowest BCUT2D eigenvalue weighted by Gasteiger charge is -2.08. The molecule has 2 N–H and O–H groups in total. The Bertz CT molecular complexity index is 645. The Labute approximate surface area is 120 Å². The molecule has 0 aliphatic carbocycles. The van der Waals surface area contributed by atoms with Gasteiger partial charge in [-0.1, -0.05) is 29.3 Å². The lowest BCUT2D eigenvalue weighted by molar-refractivity contribution is 0.0595. The molecule has 1 aromatic carbocycles. The highest BCUT2D eigenvalue weighted by molar-refractivity contribution is 6.36. The summed E-state index contributed by atoms with van der Waals surface area (Å²) in [5.74, 6) is -0.578. The molecule has 98 valence electrons. The van der Waals surface area contributed by atoms with E-state index in [1.165, 1.54) is 13.3 Å². The van der Waals surface area contributed by atoms with Gasteiger partial charge in [-0.05, 0) is 18.2 Å². The highest BCUT2D eigenvalue weighted by Gasteiger charge is 2.13. The number of hydrogen-bond donors (Lipinski definition) is 1. The van der Waals surface area contributed by atoms with Crippen LogP contribution in [0.15, 0.2) is 30.5 Å². The highest BCUT2D eigenvalue weighted by Crippen LogP contribution is 2.31. The number of ether oxygens (including phenoxy) is 1. The summed E-state index contributed by atoms with van der Waals surface area (Å²) in [6.07, 6.45) is 1.51. The second-order valence-corrected chi connectivity index (χ2v) is 4.62. The molecule has 0 radical (unpaired) electrons. The molecular weight excluding hydrogens is 287 g/mol. The van der Waals surface area contributed by atoms with E-state index in [9.17, 15) is 4.79 Å². The van der Waals surface area contributed by atoms with E-state index in [0.29, 0.717) is 15.6 Å². The van der Waals surface area contributed by atoms with Crippen molar-refractivity contribution in [2.75, 3.05) is 12.8 Å². The van der Waals surface area contributed by atoms with E-state index in [4.69, 9.17) is 28.9 Å². The first kappa shape index (κ1) is 13.6. The number of nitrogen functional groups attached to an aromatic ring is 1. The molecule has 6 heteroatoms. The second kappa shape index (κ2) is 5.47. The van der Waals surface area contributed by atoms with Crippen LogP contribution in [0.5, 0.6) is 0 Å². The van der Waals surface area contributed by atoms with Crippen LogP contribution in [-0.2, 0) is 4.74 Å². The van der Waals surface area contributed by atoms with Gasteiger partial charge in [0.1, 0.15) is 0 Å². The zero-order valence-corrected chi connectivity index (χ0v) is 11.5. The number of pyridine rings is 1. The van der Waals surface area contributed by atoms with Crippen LogP contribution in [0.2, 0.25) is 10.0 Å². The highest BCUT2D eigenvalue weighted by atomic mass is 35.5. The largest absolute Gasteiger partial charge is 0.464 e. The maximum absolute atomic E-state index is 11.4. The van der Waals surface area contributed by atoms with Crippen molar-refractivity contribution in [2.24, 2.45) is 0 Å². The van der Waals surface area contributed by atoms with Crippen molar-refractivity contribution >= 4 is 34.9 Å². The van der Waals surface area contributed by atoms with Gasteiger partial charge in [-0.2, -0.15) is 0 Å². The Morgan fingerprint density at radius 3 is 2.63 bits per heavy atom. The number of rotatable bonds is 2. The third-order valence-corrected chi connectivity index (χ3v) is 3.09. The average Bonchev–Trinajstić information content (AvgIpc) is 2.37. The van der Waals surface area contributed by atoms with E-state index >= 15 is 0 Å². The van der Waals surface area contributed by atoms with E-state index in [1.54, 1.807) is 24.3 Å². The van der Waals surface area contributed by atoms with Gasteiger partial charge >= 0.3 is 5.97 Å². The van der Waals surface area contributed by atoms with Crippen molar-refractivity contribution in [1.82, 2.24) is 4.98 Å². The van der Waals surface area contributed by atoms with Crippen LogP contribution in [0.3, 0.4) is 0 Å². The first-order chi connectivity index (χ1) is 9.02. The van der Waals surface area contributed by atoms with Gasteiger partial charge in [0.05, 0.1) is 12.8 Å². The quantitative estimate of drug-likeness (QED) is 0.862. The molecule has 0 aliphatic rings.